The zero-order chi connectivity index (χ0) is 13.1. The number of rotatable bonds is 5. The Kier molecular flexibility index (Phi) is 4.91. The predicted octanol–water partition coefficient (Wildman–Crippen LogP) is -0.736. The molecule has 0 aromatic rings. The number of amides is 1. The number of carbonyl (C=O) groups excluding carboxylic acids is 1. The number of hydrogen-bond donors (Lipinski definition) is 2. The van der Waals surface area contributed by atoms with E-state index < -0.39 is 15.3 Å². The molecule has 3 N–H and O–H groups in total. The van der Waals surface area contributed by atoms with Crippen molar-refractivity contribution in [2.45, 2.75) is 38.0 Å². The summed E-state index contributed by atoms with van der Waals surface area (Å²) in [4.78, 5) is 12.7. The molecular weight excluding hydrogens is 242 g/mol. The number of piperidine rings is 1. The van der Waals surface area contributed by atoms with Crippen LogP contribution >= 0.6 is 0 Å². The lowest BCUT2D eigenvalue weighted by atomic mass is 10.1. The summed E-state index contributed by atoms with van der Waals surface area (Å²) in [6.07, 6.45) is 1.44. The van der Waals surface area contributed by atoms with Gasteiger partial charge in [0.25, 0.3) is 0 Å². The maximum atomic E-state index is 11.7. The molecule has 1 heterocycles. The zero-order valence-electron chi connectivity index (χ0n) is 10.3. The largest absolute Gasteiger partial charge is 0.369 e. The highest BCUT2D eigenvalue weighted by Crippen LogP contribution is 2.12. The summed E-state index contributed by atoms with van der Waals surface area (Å²) in [6, 6.07) is -0.0217. The zero-order valence-corrected chi connectivity index (χ0v) is 11.2. The van der Waals surface area contributed by atoms with Gasteiger partial charge in [-0.25, -0.2) is 13.1 Å². The van der Waals surface area contributed by atoms with Crippen LogP contribution in [-0.4, -0.2) is 50.2 Å². The standard InChI is InChI=1S/C10H21N3O3S/c1-8(2)17(15,16)12-9-3-5-13(6-4-9)7-10(11)14/h8-9,12H,3-7H2,1-2H3,(H2,11,14). The fourth-order valence-corrected chi connectivity index (χ4v) is 2.77. The van der Waals surface area contributed by atoms with Crippen LogP contribution in [0.5, 0.6) is 0 Å². The minimum atomic E-state index is -3.20. The first kappa shape index (κ1) is 14.4. The summed E-state index contributed by atoms with van der Waals surface area (Å²) in [7, 11) is -3.20. The molecule has 6 nitrogen and oxygen atoms in total. The fraction of sp³-hybridized carbons (Fsp3) is 0.900. The molecule has 1 aliphatic heterocycles. The van der Waals surface area contributed by atoms with Crippen molar-refractivity contribution in [1.29, 1.82) is 0 Å². The summed E-state index contributed by atoms with van der Waals surface area (Å²) in [5.74, 6) is -0.341. The quantitative estimate of drug-likeness (QED) is 0.683. The van der Waals surface area contributed by atoms with Crippen molar-refractivity contribution in [1.82, 2.24) is 9.62 Å². The van der Waals surface area contributed by atoms with Crippen LogP contribution in [0.1, 0.15) is 26.7 Å². The van der Waals surface area contributed by atoms with E-state index in [1.807, 2.05) is 4.90 Å². The van der Waals surface area contributed by atoms with Crippen molar-refractivity contribution in [3.63, 3.8) is 0 Å². The normalized spacial score (nSPS) is 19.7. The average Bonchev–Trinajstić information content (AvgIpc) is 2.19. The van der Waals surface area contributed by atoms with Gasteiger partial charge in [0.1, 0.15) is 0 Å². The Labute approximate surface area is 103 Å². The van der Waals surface area contributed by atoms with E-state index in [9.17, 15) is 13.2 Å². The average molecular weight is 263 g/mol. The maximum Gasteiger partial charge on any atom is 0.231 e. The fourth-order valence-electron chi connectivity index (χ4n) is 1.80. The lowest BCUT2D eigenvalue weighted by Gasteiger charge is -2.31. The van der Waals surface area contributed by atoms with Gasteiger partial charge in [0.05, 0.1) is 11.8 Å². The van der Waals surface area contributed by atoms with Gasteiger partial charge in [-0.1, -0.05) is 0 Å². The number of primary amides is 1. The van der Waals surface area contributed by atoms with Gasteiger partial charge < -0.3 is 5.73 Å². The Balaban J connectivity index is 2.40. The lowest BCUT2D eigenvalue weighted by molar-refractivity contribution is -0.119. The molecule has 0 aromatic carbocycles. The molecule has 1 fully saturated rings. The highest BCUT2D eigenvalue weighted by Gasteiger charge is 2.25. The minimum absolute atomic E-state index is 0.0217. The SMILES string of the molecule is CC(C)S(=O)(=O)NC1CCN(CC(N)=O)CC1. The smallest absolute Gasteiger partial charge is 0.231 e. The van der Waals surface area contributed by atoms with E-state index in [2.05, 4.69) is 4.72 Å². The van der Waals surface area contributed by atoms with Crippen molar-refractivity contribution in [3.05, 3.63) is 0 Å². The van der Waals surface area contributed by atoms with Crippen molar-refractivity contribution >= 4 is 15.9 Å². The third kappa shape index (κ3) is 4.61. The first-order chi connectivity index (χ1) is 7.81. The Bertz CT molecular complexity index is 359. The molecule has 1 saturated heterocycles. The van der Waals surface area contributed by atoms with Crippen LogP contribution in [-0.2, 0) is 14.8 Å². The number of nitrogens with two attached hydrogens (primary N) is 1. The molecule has 0 radical (unpaired) electrons. The molecule has 0 aliphatic carbocycles. The molecule has 7 heteroatoms. The van der Waals surface area contributed by atoms with Gasteiger partial charge in [0.15, 0.2) is 0 Å². The Morgan fingerprint density at radius 1 is 1.41 bits per heavy atom. The summed E-state index contributed by atoms with van der Waals surface area (Å²) < 4.78 is 26.0. The summed E-state index contributed by atoms with van der Waals surface area (Å²) in [5.41, 5.74) is 5.11. The molecule has 0 aromatic heterocycles. The van der Waals surface area contributed by atoms with Gasteiger partial charge in [-0.15, -0.1) is 0 Å². The number of carbonyl (C=O) groups is 1. The molecule has 1 rings (SSSR count). The molecule has 1 aliphatic rings. The highest BCUT2D eigenvalue weighted by molar-refractivity contribution is 7.90. The van der Waals surface area contributed by atoms with E-state index in [-0.39, 0.29) is 18.5 Å². The molecule has 0 spiro atoms. The van der Waals surface area contributed by atoms with E-state index in [1.165, 1.54) is 0 Å². The van der Waals surface area contributed by atoms with E-state index in [0.717, 1.165) is 12.8 Å². The van der Waals surface area contributed by atoms with Crippen LogP contribution in [0.2, 0.25) is 0 Å². The van der Waals surface area contributed by atoms with Crippen molar-refractivity contribution in [2.24, 2.45) is 5.73 Å². The topological polar surface area (TPSA) is 92.5 Å². The molecule has 1 amide bonds. The first-order valence-electron chi connectivity index (χ1n) is 5.83. The molecule has 0 atom stereocenters. The number of likely N-dealkylation sites (tertiary alicyclic amines) is 1. The Morgan fingerprint density at radius 3 is 2.35 bits per heavy atom. The van der Waals surface area contributed by atoms with Crippen molar-refractivity contribution in [2.75, 3.05) is 19.6 Å². The van der Waals surface area contributed by atoms with Crippen LogP contribution < -0.4 is 10.5 Å². The third-order valence-corrected chi connectivity index (χ3v) is 4.82. The molecule has 0 unspecified atom stereocenters. The second-order valence-electron chi connectivity index (χ2n) is 4.73. The summed E-state index contributed by atoms with van der Waals surface area (Å²) in [6.45, 7) is 4.97. The van der Waals surface area contributed by atoms with Crippen LogP contribution in [0, 0.1) is 0 Å². The minimum Gasteiger partial charge on any atom is -0.369 e. The summed E-state index contributed by atoms with van der Waals surface area (Å²) in [5, 5.41) is -0.411. The van der Waals surface area contributed by atoms with E-state index in [1.54, 1.807) is 13.8 Å². The molecule has 0 saturated carbocycles. The van der Waals surface area contributed by atoms with Crippen LogP contribution in [0.4, 0.5) is 0 Å². The van der Waals surface area contributed by atoms with E-state index >= 15 is 0 Å². The molecule has 0 bridgehead atoms. The van der Waals surface area contributed by atoms with Crippen molar-refractivity contribution < 1.29 is 13.2 Å². The number of nitrogens with zero attached hydrogens (tertiary/aromatic N) is 1. The van der Waals surface area contributed by atoms with Gasteiger partial charge in [0, 0.05) is 19.1 Å². The van der Waals surface area contributed by atoms with E-state index in [0.29, 0.717) is 13.1 Å². The van der Waals surface area contributed by atoms with Gasteiger partial charge in [-0.05, 0) is 26.7 Å². The third-order valence-electron chi connectivity index (χ3n) is 2.92. The molecule has 17 heavy (non-hydrogen) atoms. The highest BCUT2D eigenvalue weighted by atomic mass is 32.2. The molecular formula is C10H21N3O3S. The summed E-state index contributed by atoms with van der Waals surface area (Å²) >= 11 is 0. The number of nitrogens with one attached hydrogen (secondary N) is 1. The maximum absolute atomic E-state index is 11.7. The number of sulfonamides is 1. The predicted molar refractivity (Wildman–Crippen MR) is 65.8 cm³/mol. The van der Waals surface area contributed by atoms with Gasteiger partial charge in [-0.2, -0.15) is 0 Å². The van der Waals surface area contributed by atoms with Gasteiger partial charge in [-0.3, -0.25) is 9.69 Å². The first-order valence-corrected chi connectivity index (χ1v) is 7.37. The second kappa shape index (κ2) is 5.79. The second-order valence-corrected chi connectivity index (χ2v) is 7.00. The van der Waals surface area contributed by atoms with Crippen LogP contribution in [0.25, 0.3) is 0 Å². The van der Waals surface area contributed by atoms with Crippen molar-refractivity contribution in [3.8, 4) is 0 Å². The van der Waals surface area contributed by atoms with E-state index in [4.69, 9.17) is 5.73 Å². The van der Waals surface area contributed by atoms with Gasteiger partial charge >= 0.3 is 0 Å². The lowest BCUT2D eigenvalue weighted by Crippen LogP contribution is -2.47. The van der Waals surface area contributed by atoms with Gasteiger partial charge in [0.2, 0.25) is 15.9 Å². The Hall–Kier alpha value is -0.660. The van der Waals surface area contributed by atoms with Crippen LogP contribution in [0.15, 0.2) is 0 Å². The molecule has 100 valence electrons. The van der Waals surface area contributed by atoms with Crippen LogP contribution in [0.3, 0.4) is 0 Å². The Morgan fingerprint density at radius 2 is 1.94 bits per heavy atom. The monoisotopic (exact) mass is 263 g/mol. The number of hydrogen-bond acceptors (Lipinski definition) is 4.